The first-order valence-corrected chi connectivity index (χ1v) is 48.9. The molecule has 378 valence electrons. The molecule has 4 rings (SSSR count). The highest BCUT2D eigenvalue weighted by atomic mass is 28.5. The predicted octanol–water partition coefficient (Wildman–Crippen LogP) is 8.13. The maximum Gasteiger partial charge on any atom is 0.333 e. The van der Waals surface area contributed by atoms with Crippen molar-refractivity contribution in [3.63, 3.8) is 0 Å². The number of hydrogen-bond donors (Lipinski definition) is 0. The smallest absolute Gasteiger partial charge is 0.333 e. The van der Waals surface area contributed by atoms with Gasteiger partial charge >= 0.3 is 83.3 Å². The second kappa shape index (κ2) is 29.1. The van der Waals surface area contributed by atoms with E-state index in [1.54, 1.807) is 13.8 Å². The molecule has 0 amide bonds. The van der Waals surface area contributed by atoms with Crippen molar-refractivity contribution in [1.82, 2.24) is 0 Å². The van der Waals surface area contributed by atoms with Gasteiger partial charge in [0, 0.05) is 11.1 Å². The Morgan fingerprint density at radius 3 is 1.34 bits per heavy atom. The van der Waals surface area contributed by atoms with Crippen molar-refractivity contribution < 1.29 is 60.2 Å². The Bertz CT molecular complexity index is 1460. The molecule has 0 N–H and O–H groups in total. The second-order valence-electron chi connectivity index (χ2n) is 19.0. The molecule has 0 saturated carbocycles. The lowest BCUT2D eigenvalue weighted by Gasteiger charge is -2.45. The van der Waals surface area contributed by atoms with Gasteiger partial charge in [0.2, 0.25) is 0 Å². The highest BCUT2D eigenvalue weighted by molar-refractivity contribution is 6.88. The van der Waals surface area contributed by atoms with Crippen molar-refractivity contribution in [2.24, 2.45) is 0 Å². The lowest BCUT2D eigenvalue weighted by Crippen LogP contribution is -2.60. The molecule has 0 aromatic heterocycles. The Morgan fingerprint density at radius 1 is 0.531 bits per heavy atom. The van der Waals surface area contributed by atoms with E-state index >= 15 is 0 Å². The first-order chi connectivity index (χ1) is 28.0. The molecule has 8 unspecified atom stereocenters. The van der Waals surface area contributed by atoms with E-state index in [1.807, 2.05) is 0 Å². The zero-order valence-corrected chi connectivity index (χ0v) is 52.0. The summed E-state index contributed by atoms with van der Waals surface area (Å²) in [5.41, 5.74) is 0.794. The van der Waals surface area contributed by atoms with Crippen molar-refractivity contribution in [2.45, 2.75) is 194 Å². The highest BCUT2D eigenvalue weighted by Crippen LogP contribution is 2.35. The fourth-order valence-electron chi connectivity index (χ4n) is 7.91. The molecule has 26 heteroatoms. The fourth-order valence-corrected chi connectivity index (χ4v) is 61.9. The largest absolute Gasteiger partial charge is 0.462 e. The molecule has 64 heavy (non-hydrogen) atoms. The molecule has 4 heterocycles. The van der Waals surface area contributed by atoms with Crippen LogP contribution in [0.3, 0.4) is 0 Å². The molecular formula is C38H94O14Si12. The summed E-state index contributed by atoms with van der Waals surface area (Å²) in [5.74, 6) is -0.738. The number of rotatable bonds is 15. The number of fused-ring (bicyclic) bond motifs is 4. The Morgan fingerprint density at radius 2 is 0.922 bits per heavy atom. The van der Waals surface area contributed by atoms with E-state index in [9.17, 15) is 9.59 Å². The van der Waals surface area contributed by atoms with Crippen molar-refractivity contribution in [2.75, 3.05) is 13.2 Å². The van der Waals surface area contributed by atoms with E-state index in [-0.39, 0.29) is 41.6 Å². The van der Waals surface area contributed by atoms with Gasteiger partial charge in [0.1, 0.15) is 19.5 Å². The standard InChI is InChI=1S/C34H78O14Si12.4CH4/c1-31(2)33(35)37-17-15-22-52-42-57(9,45-53-23-29-55(5,6)40-50-20-28-60(12,44-52)47-53)25-14-13-21-51-41-58(10,26-16-18-38-34(36)32(3)4)46-54-24-30-56(7,8)39-49-19-27-59(11,43-51)48-54;;;;/h51-54H,1,3,13-30,49-50H2,2,4-12H3;4*1H4. The van der Waals surface area contributed by atoms with Gasteiger partial charge in [-0.05, 0) is 152 Å². The summed E-state index contributed by atoms with van der Waals surface area (Å²) in [7, 11) is -24.2. The lowest BCUT2D eigenvalue weighted by molar-refractivity contribution is -0.139. The van der Waals surface area contributed by atoms with Gasteiger partial charge in [0.05, 0.1) is 13.2 Å². The quantitative estimate of drug-likeness (QED) is 0.0674. The first-order valence-electron chi connectivity index (χ1n) is 22.4. The van der Waals surface area contributed by atoms with E-state index in [1.165, 1.54) is 0 Å². The van der Waals surface area contributed by atoms with Crippen molar-refractivity contribution >= 4 is 119 Å². The zero-order valence-electron chi connectivity index (χ0n) is 38.6. The van der Waals surface area contributed by atoms with E-state index in [2.05, 4.69) is 65.5 Å². The normalized spacial score (nSPS) is 33.8. The van der Waals surface area contributed by atoms with Crippen LogP contribution in [0.1, 0.15) is 69.2 Å². The van der Waals surface area contributed by atoms with Crippen LogP contribution in [0.5, 0.6) is 0 Å². The van der Waals surface area contributed by atoms with Gasteiger partial charge in [0.15, 0.2) is 16.6 Å². The van der Waals surface area contributed by atoms with Crippen LogP contribution in [0.15, 0.2) is 24.3 Å². The van der Waals surface area contributed by atoms with Crippen LogP contribution < -0.4 is 0 Å². The molecule has 4 saturated heterocycles. The van der Waals surface area contributed by atoms with E-state index < -0.39 is 108 Å². The molecule has 4 bridgehead atoms. The fraction of sp³-hybridized carbons (Fsp3) is 0.842. The zero-order chi connectivity index (χ0) is 44.2. The molecule has 4 aliphatic rings. The SMILES string of the molecule is C.C.C.C.C=C(C)C(=O)OCCC[SiH]1O[Si](C)(CCCC[SiH]2O[Si](C)(CCCOC(=O)C(=C)C)O[SiH]3CC[Si](C)(C)O[SiH2]CC[Si](C)(O2)O3)O[SiH]2CC[Si](C)(C)O[SiH2]CC[Si](C)(O1)O2. The average molecular weight is 1110 g/mol. The molecule has 0 spiro atoms. The summed E-state index contributed by atoms with van der Waals surface area (Å²) in [6.07, 6.45) is 3.14. The third-order valence-electron chi connectivity index (χ3n) is 11.4. The third kappa shape index (κ3) is 23.0. The van der Waals surface area contributed by atoms with E-state index in [0.29, 0.717) is 43.2 Å². The van der Waals surface area contributed by atoms with Gasteiger partial charge in [0.25, 0.3) is 0 Å². The average Bonchev–Trinajstić information content (AvgIpc) is 3.13. The van der Waals surface area contributed by atoms with Crippen LogP contribution in [0.25, 0.3) is 0 Å². The molecule has 0 radical (unpaired) electrons. The molecule has 4 aliphatic heterocycles. The number of hydrogen-bond acceptors (Lipinski definition) is 14. The highest BCUT2D eigenvalue weighted by Gasteiger charge is 2.50. The Labute approximate surface area is 408 Å². The molecule has 14 nitrogen and oxygen atoms in total. The second-order valence-corrected chi connectivity index (χ2v) is 56.0. The monoisotopic (exact) mass is 1110 g/mol. The molecule has 0 aliphatic carbocycles. The van der Waals surface area contributed by atoms with E-state index in [0.717, 1.165) is 79.3 Å². The van der Waals surface area contributed by atoms with Crippen LogP contribution >= 0.6 is 0 Å². The van der Waals surface area contributed by atoms with Crippen molar-refractivity contribution in [1.29, 1.82) is 0 Å². The molecule has 4 fully saturated rings. The van der Waals surface area contributed by atoms with Gasteiger partial charge in [-0.2, -0.15) is 0 Å². The van der Waals surface area contributed by atoms with Gasteiger partial charge in [-0.15, -0.1) is 0 Å². The minimum absolute atomic E-state index is 0. The minimum Gasteiger partial charge on any atom is -0.462 e. The molecular weight excluding hydrogens is 1020 g/mol. The first kappa shape index (κ1) is 64.6. The van der Waals surface area contributed by atoms with E-state index in [4.69, 9.17) is 50.6 Å². The predicted molar refractivity (Wildman–Crippen MR) is 293 cm³/mol. The van der Waals surface area contributed by atoms with Crippen LogP contribution in [0, 0.1) is 0 Å². The third-order valence-corrected chi connectivity index (χ3v) is 58.8. The van der Waals surface area contributed by atoms with Crippen LogP contribution in [0.4, 0.5) is 0 Å². The molecule has 0 aromatic carbocycles. The lowest BCUT2D eigenvalue weighted by atomic mass is 10.4. The maximum atomic E-state index is 12.1. The number of unbranched alkanes of at least 4 members (excludes halogenated alkanes) is 1. The minimum atomic E-state index is -2.75. The Hall–Kier alpha value is 0.623. The molecule has 8 atom stereocenters. The van der Waals surface area contributed by atoms with Gasteiger partial charge < -0.3 is 50.6 Å². The van der Waals surface area contributed by atoms with Crippen LogP contribution in [0.2, 0.25) is 125 Å². The van der Waals surface area contributed by atoms with Gasteiger partial charge in [-0.25, -0.2) is 9.59 Å². The van der Waals surface area contributed by atoms with Crippen molar-refractivity contribution in [3.05, 3.63) is 24.3 Å². The number of carbonyl (C=O) groups is 2. The summed E-state index contributed by atoms with van der Waals surface area (Å²) in [6.45, 7) is 29.5. The van der Waals surface area contributed by atoms with Crippen LogP contribution in [-0.2, 0) is 60.2 Å². The van der Waals surface area contributed by atoms with Gasteiger partial charge in [-0.1, -0.05) is 55.7 Å². The van der Waals surface area contributed by atoms with Crippen LogP contribution in [-0.4, -0.2) is 133 Å². The summed E-state index contributed by atoms with van der Waals surface area (Å²) in [4.78, 5) is 24.2. The summed E-state index contributed by atoms with van der Waals surface area (Å²) in [5, 5.41) is 0. The summed E-state index contributed by atoms with van der Waals surface area (Å²) >= 11 is 0. The van der Waals surface area contributed by atoms with Crippen molar-refractivity contribution in [3.8, 4) is 0 Å². The number of esters is 2. The summed E-state index contributed by atoms with van der Waals surface area (Å²) in [6, 6.07) is 10.9. The Kier molecular flexibility index (Phi) is 29.4. The maximum absolute atomic E-state index is 12.1. The summed E-state index contributed by atoms with van der Waals surface area (Å²) < 4.78 is 81.2. The number of carbonyl (C=O) groups excluding carboxylic acids is 2. The topological polar surface area (TPSA) is 145 Å². The van der Waals surface area contributed by atoms with Gasteiger partial charge in [-0.3, -0.25) is 0 Å². The number of ether oxygens (including phenoxy) is 2. The Balaban J connectivity index is 0.00000992. The molecule has 0 aromatic rings.